The summed E-state index contributed by atoms with van der Waals surface area (Å²) in [6.45, 7) is 12.5. The Balaban J connectivity index is 2.76. The van der Waals surface area contributed by atoms with Crippen molar-refractivity contribution in [2.45, 2.75) is 64.9 Å². The van der Waals surface area contributed by atoms with Crippen molar-refractivity contribution in [2.75, 3.05) is 11.1 Å². The van der Waals surface area contributed by atoms with Gasteiger partial charge in [-0.05, 0) is 54.5 Å². The molecule has 6 nitrogen and oxygen atoms in total. The van der Waals surface area contributed by atoms with E-state index in [0.717, 1.165) is 11.8 Å². The summed E-state index contributed by atoms with van der Waals surface area (Å²) in [4.78, 5) is 28.7. The highest BCUT2D eigenvalue weighted by molar-refractivity contribution is 8.02. The van der Waals surface area contributed by atoms with Crippen molar-refractivity contribution >= 4 is 52.7 Å². The summed E-state index contributed by atoms with van der Waals surface area (Å²) >= 11 is 13.3. The molecule has 0 saturated carbocycles. The van der Waals surface area contributed by atoms with Gasteiger partial charge in [-0.1, -0.05) is 23.2 Å². The third-order valence-electron chi connectivity index (χ3n) is 2.96. The number of hydrogen-bond donors (Lipinski definition) is 1. The van der Waals surface area contributed by atoms with E-state index in [-0.39, 0.29) is 45.5 Å². The summed E-state index contributed by atoms with van der Waals surface area (Å²) < 4.78 is 10.00. The molecule has 0 aliphatic carbocycles. The van der Waals surface area contributed by atoms with Crippen LogP contribution in [0.1, 0.15) is 48.5 Å². The number of nitrogens with zero attached hydrogens (tertiary/aromatic N) is 1. The van der Waals surface area contributed by atoms with Gasteiger partial charge in [0.15, 0.2) is 5.82 Å². The Morgan fingerprint density at radius 1 is 1.19 bits per heavy atom. The quantitative estimate of drug-likeness (QED) is 0.607. The van der Waals surface area contributed by atoms with E-state index in [2.05, 4.69) is 10.3 Å². The first kappa shape index (κ1) is 23.9. The molecule has 1 heterocycles. The number of hydrogen-bond acceptors (Lipinski definition) is 6. The van der Waals surface area contributed by atoms with Crippen LogP contribution in [0.4, 0.5) is 5.82 Å². The lowest BCUT2D eigenvalue weighted by Crippen LogP contribution is -2.37. The minimum absolute atomic E-state index is 0.0211. The number of anilines is 1. The van der Waals surface area contributed by atoms with Crippen molar-refractivity contribution in [1.29, 1.82) is 0 Å². The molecule has 0 aliphatic rings. The summed E-state index contributed by atoms with van der Waals surface area (Å²) in [6.07, 6.45) is -0.134. The van der Waals surface area contributed by atoms with Gasteiger partial charge in [0.25, 0.3) is 0 Å². The van der Waals surface area contributed by atoms with Crippen LogP contribution in [0, 0.1) is 0 Å². The predicted molar refractivity (Wildman–Crippen MR) is 111 cm³/mol. The first-order valence-corrected chi connectivity index (χ1v) is 10.2. The minimum atomic E-state index is -0.881. The minimum Gasteiger partial charge on any atom is -0.474 e. The third kappa shape index (κ3) is 8.15. The van der Waals surface area contributed by atoms with Crippen molar-refractivity contribution in [3.8, 4) is 5.88 Å². The van der Waals surface area contributed by atoms with E-state index in [4.69, 9.17) is 32.7 Å². The molecule has 1 N–H and O–H groups in total. The highest BCUT2D eigenvalue weighted by atomic mass is 35.5. The molecular weight excluding hydrogens is 411 g/mol. The highest BCUT2D eigenvalue weighted by Crippen LogP contribution is 2.32. The fourth-order valence-corrected chi connectivity index (χ4v) is 2.89. The van der Waals surface area contributed by atoms with Gasteiger partial charge >= 0.3 is 5.97 Å². The van der Waals surface area contributed by atoms with Crippen LogP contribution in [0.5, 0.6) is 5.88 Å². The first-order valence-electron chi connectivity index (χ1n) is 8.41. The van der Waals surface area contributed by atoms with Gasteiger partial charge in [-0.2, -0.15) is 4.98 Å². The molecule has 1 rings (SSSR count). The number of esters is 1. The van der Waals surface area contributed by atoms with Crippen molar-refractivity contribution < 1.29 is 19.1 Å². The lowest BCUT2D eigenvalue weighted by Gasteiger charge is -2.27. The zero-order valence-electron chi connectivity index (χ0n) is 16.6. The number of nitrogens with one attached hydrogen (secondary N) is 1. The Hall–Kier alpha value is -1.18. The average molecular weight is 437 g/mol. The van der Waals surface area contributed by atoms with Crippen molar-refractivity contribution in [3.05, 3.63) is 16.1 Å². The standard InChI is InChI=1S/C18H26Cl2N2O4S/c1-10(2)25-15-12(20)8-11(19)14(22-15)21-13(23)9-27-18(6,7)16(24)26-17(3,4)5/h8,10H,9H2,1-7H3,(H,21,22,23). The summed E-state index contributed by atoms with van der Waals surface area (Å²) in [5, 5.41) is 3.07. The molecule has 0 aromatic carbocycles. The molecule has 0 atom stereocenters. The number of carbonyl (C=O) groups is 2. The number of pyridine rings is 1. The second-order valence-corrected chi connectivity index (χ2v) is 10.0. The average Bonchev–Trinajstić information content (AvgIpc) is 2.48. The maximum Gasteiger partial charge on any atom is 0.322 e. The molecular formula is C18H26Cl2N2O4S. The number of aromatic nitrogens is 1. The van der Waals surface area contributed by atoms with Crippen LogP contribution in [0.25, 0.3) is 0 Å². The van der Waals surface area contributed by atoms with Gasteiger partial charge in [0.1, 0.15) is 15.4 Å². The second kappa shape index (κ2) is 9.34. The molecule has 27 heavy (non-hydrogen) atoms. The molecule has 1 aromatic heterocycles. The van der Waals surface area contributed by atoms with Gasteiger partial charge in [0.2, 0.25) is 11.8 Å². The Bertz CT molecular complexity index is 703. The second-order valence-electron chi connectivity index (χ2n) is 7.62. The maximum absolute atomic E-state index is 12.3. The van der Waals surface area contributed by atoms with E-state index in [0.29, 0.717) is 0 Å². The van der Waals surface area contributed by atoms with Crippen LogP contribution in [-0.2, 0) is 14.3 Å². The van der Waals surface area contributed by atoms with Crippen LogP contribution in [0.3, 0.4) is 0 Å². The van der Waals surface area contributed by atoms with Crippen molar-refractivity contribution in [3.63, 3.8) is 0 Å². The van der Waals surface area contributed by atoms with E-state index in [9.17, 15) is 9.59 Å². The van der Waals surface area contributed by atoms with Gasteiger partial charge in [-0.15, -0.1) is 11.8 Å². The predicted octanol–water partition coefficient (Wildman–Crippen LogP) is 4.97. The van der Waals surface area contributed by atoms with E-state index >= 15 is 0 Å². The molecule has 0 radical (unpaired) electrons. The Labute approximate surface area is 174 Å². The molecule has 1 amide bonds. The topological polar surface area (TPSA) is 77.5 Å². The molecule has 0 fully saturated rings. The Morgan fingerprint density at radius 2 is 1.78 bits per heavy atom. The van der Waals surface area contributed by atoms with E-state index in [1.54, 1.807) is 34.6 Å². The van der Waals surface area contributed by atoms with E-state index < -0.39 is 10.3 Å². The number of amides is 1. The third-order valence-corrected chi connectivity index (χ3v) is 4.81. The molecule has 9 heteroatoms. The van der Waals surface area contributed by atoms with Crippen molar-refractivity contribution in [2.24, 2.45) is 0 Å². The number of rotatable bonds is 7. The van der Waals surface area contributed by atoms with Gasteiger partial charge in [-0.3, -0.25) is 9.59 Å². The molecule has 0 aliphatic heterocycles. The number of carbonyl (C=O) groups excluding carboxylic acids is 2. The summed E-state index contributed by atoms with van der Waals surface area (Å²) in [7, 11) is 0. The fraction of sp³-hybridized carbons (Fsp3) is 0.611. The summed E-state index contributed by atoms with van der Waals surface area (Å²) in [6, 6.07) is 1.46. The first-order chi connectivity index (χ1) is 12.2. The summed E-state index contributed by atoms with van der Waals surface area (Å²) in [5.41, 5.74) is -0.593. The molecule has 0 saturated heterocycles. The smallest absolute Gasteiger partial charge is 0.322 e. The fourth-order valence-electron chi connectivity index (χ4n) is 1.72. The zero-order chi connectivity index (χ0) is 21.0. The molecule has 0 unspecified atom stereocenters. The van der Waals surface area contributed by atoms with Gasteiger partial charge in [0, 0.05) is 0 Å². The van der Waals surface area contributed by atoms with Crippen LogP contribution in [0.2, 0.25) is 10.0 Å². The molecule has 0 bridgehead atoms. The Morgan fingerprint density at radius 3 is 2.30 bits per heavy atom. The number of halogens is 2. The lowest BCUT2D eigenvalue weighted by atomic mass is 10.1. The monoisotopic (exact) mass is 436 g/mol. The maximum atomic E-state index is 12.3. The van der Waals surface area contributed by atoms with Crippen molar-refractivity contribution in [1.82, 2.24) is 4.98 Å². The number of thioether (sulfide) groups is 1. The normalized spacial score (nSPS) is 12.1. The molecule has 152 valence electrons. The van der Waals surface area contributed by atoms with Crippen LogP contribution in [0.15, 0.2) is 6.07 Å². The lowest BCUT2D eigenvalue weighted by molar-refractivity contribution is -0.156. The van der Waals surface area contributed by atoms with Gasteiger partial charge in [-0.25, -0.2) is 0 Å². The molecule has 1 aromatic rings. The molecule has 0 spiro atoms. The number of ether oxygens (including phenoxy) is 2. The van der Waals surface area contributed by atoms with Crippen LogP contribution >= 0.6 is 35.0 Å². The highest BCUT2D eigenvalue weighted by Gasteiger charge is 2.33. The van der Waals surface area contributed by atoms with E-state index in [1.807, 2.05) is 13.8 Å². The van der Waals surface area contributed by atoms with E-state index in [1.165, 1.54) is 6.07 Å². The van der Waals surface area contributed by atoms with Gasteiger partial charge in [0.05, 0.1) is 16.9 Å². The Kier molecular flexibility index (Phi) is 8.26. The summed E-state index contributed by atoms with van der Waals surface area (Å²) in [5.74, 6) is -0.384. The van der Waals surface area contributed by atoms with Crippen LogP contribution in [-0.4, -0.2) is 39.1 Å². The SMILES string of the molecule is CC(C)Oc1nc(NC(=O)CSC(C)(C)C(=O)OC(C)(C)C)c(Cl)cc1Cl. The largest absolute Gasteiger partial charge is 0.474 e. The van der Waals surface area contributed by atoms with Gasteiger partial charge < -0.3 is 14.8 Å². The van der Waals surface area contributed by atoms with Crippen LogP contribution < -0.4 is 10.1 Å². The zero-order valence-corrected chi connectivity index (χ0v) is 18.9.